The van der Waals surface area contributed by atoms with E-state index in [2.05, 4.69) is 0 Å². The number of hydrogen-bond acceptors (Lipinski definition) is 3. The molecule has 3 aromatic rings. The van der Waals surface area contributed by atoms with Crippen molar-refractivity contribution in [3.63, 3.8) is 0 Å². The van der Waals surface area contributed by atoms with Crippen LogP contribution in [0.3, 0.4) is 0 Å². The summed E-state index contributed by atoms with van der Waals surface area (Å²) >= 11 is 1.45. The minimum Gasteiger partial charge on any atom is -0.337 e. The van der Waals surface area contributed by atoms with Crippen LogP contribution in [0.15, 0.2) is 72.1 Å². The van der Waals surface area contributed by atoms with Crippen LogP contribution in [0.5, 0.6) is 0 Å². The van der Waals surface area contributed by atoms with Crippen molar-refractivity contribution in [2.75, 3.05) is 18.0 Å². The van der Waals surface area contributed by atoms with Gasteiger partial charge < -0.3 is 9.80 Å². The predicted molar refractivity (Wildman–Crippen MR) is 122 cm³/mol. The highest BCUT2D eigenvalue weighted by molar-refractivity contribution is 7.12. The maximum atomic E-state index is 13.6. The zero-order chi connectivity index (χ0) is 20.9. The average Bonchev–Trinajstić information content (AvgIpc) is 3.33. The largest absolute Gasteiger partial charge is 0.337 e. The zero-order valence-corrected chi connectivity index (χ0v) is 18.0. The normalized spacial score (nSPS) is 16.3. The lowest BCUT2D eigenvalue weighted by atomic mass is 9.95. The number of benzene rings is 2. The molecule has 1 aliphatic rings. The first-order valence-electron chi connectivity index (χ1n) is 10.4. The molecule has 0 spiro atoms. The van der Waals surface area contributed by atoms with Crippen LogP contribution in [0.1, 0.15) is 33.6 Å². The molecule has 2 aromatic carbocycles. The summed E-state index contributed by atoms with van der Waals surface area (Å²) in [7, 11) is 0. The second-order valence-electron chi connectivity index (χ2n) is 7.81. The van der Waals surface area contributed by atoms with Crippen LogP contribution < -0.4 is 4.90 Å². The molecule has 1 aromatic heterocycles. The van der Waals surface area contributed by atoms with E-state index >= 15 is 0 Å². The Bertz CT molecular complexity index is 984. The lowest BCUT2D eigenvalue weighted by Crippen LogP contribution is -2.46. The molecule has 0 bridgehead atoms. The van der Waals surface area contributed by atoms with Gasteiger partial charge in [0.25, 0.3) is 5.91 Å². The van der Waals surface area contributed by atoms with Gasteiger partial charge in [-0.3, -0.25) is 9.59 Å². The fraction of sp³-hybridized carbons (Fsp3) is 0.280. The molecule has 2 amide bonds. The Morgan fingerprint density at radius 1 is 1.03 bits per heavy atom. The Morgan fingerprint density at radius 3 is 2.50 bits per heavy atom. The quantitative estimate of drug-likeness (QED) is 0.575. The Labute approximate surface area is 181 Å². The molecular formula is C25H26N2O2S. The highest BCUT2D eigenvalue weighted by atomic mass is 32.1. The monoisotopic (exact) mass is 418 g/mol. The van der Waals surface area contributed by atoms with Crippen molar-refractivity contribution in [2.24, 2.45) is 5.92 Å². The van der Waals surface area contributed by atoms with E-state index in [1.54, 1.807) is 0 Å². The van der Waals surface area contributed by atoms with Gasteiger partial charge in [-0.25, -0.2) is 0 Å². The van der Waals surface area contributed by atoms with E-state index < -0.39 is 0 Å². The molecule has 1 fully saturated rings. The van der Waals surface area contributed by atoms with E-state index in [4.69, 9.17) is 0 Å². The number of amides is 2. The Balaban J connectivity index is 1.55. The van der Waals surface area contributed by atoms with Crippen molar-refractivity contribution in [3.8, 4) is 0 Å². The molecule has 4 nitrogen and oxygen atoms in total. The zero-order valence-electron chi connectivity index (χ0n) is 17.2. The Morgan fingerprint density at radius 2 is 1.80 bits per heavy atom. The van der Waals surface area contributed by atoms with Crippen molar-refractivity contribution >= 4 is 28.8 Å². The number of rotatable bonds is 5. The van der Waals surface area contributed by atoms with Crippen molar-refractivity contribution in [2.45, 2.75) is 26.3 Å². The number of anilines is 1. The lowest BCUT2D eigenvalue weighted by molar-refractivity contribution is -0.123. The van der Waals surface area contributed by atoms with Gasteiger partial charge in [0.05, 0.1) is 17.3 Å². The van der Waals surface area contributed by atoms with Gasteiger partial charge >= 0.3 is 0 Å². The van der Waals surface area contributed by atoms with Crippen LogP contribution in [-0.2, 0) is 11.3 Å². The molecule has 0 aliphatic carbocycles. The SMILES string of the molecule is Cc1ccc(N(Cc2ccccc2)C(=O)C2CCCN(C(=O)c3cccs3)C2)cc1. The first-order chi connectivity index (χ1) is 14.6. The summed E-state index contributed by atoms with van der Waals surface area (Å²) in [4.78, 5) is 30.9. The van der Waals surface area contributed by atoms with E-state index in [0.717, 1.165) is 34.5 Å². The van der Waals surface area contributed by atoms with E-state index in [9.17, 15) is 9.59 Å². The van der Waals surface area contributed by atoms with Crippen LogP contribution >= 0.6 is 11.3 Å². The fourth-order valence-electron chi connectivity index (χ4n) is 3.93. The molecule has 4 rings (SSSR count). The van der Waals surface area contributed by atoms with E-state index in [-0.39, 0.29) is 17.7 Å². The van der Waals surface area contributed by atoms with E-state index in [0.29, 0.717) is 19.6 Å². The number of carbonyl (C=O) groups excluding carboxylic acids is 2. The molecule has 0 radical (unpaired) electrons. The Kier molecular flexibility index (Phi) is 6.29. The average molecular weight is 419 g/mol. The van der Waals surface area contributed by atoms with Gasteiger partial charge in [0.1, 0.15) is 0 Å². The standard InChI is InChI=1S/C25H26N2O2S/c1-19-11-13-22(14-12-19)27(17-20-7-3-2-4-8-20)24(28)21-9-5-15-26(18-21)25(29)23-10-6-16-30-23/h2-4,6-8,10-14,16,21H,5,9,15,17-18H2,1H3. The van der Waals surface area contributed by atoms with Crippen molar-refractivity contribution < 1.29 is 9.59 Å². The summed E-state index contributed by atoms with van der Waals surface area (Å²) in [5.41, 5.74) is 3.15. The number of likely N-dealkylation sites (tertiary alicyclic amines) is 1. The number of aryl methyl sites for hydroxylation is 1. The molecule has 0 N–H and O–H groups in total. The van der Waals surface area contributed by atoms with Crippen molar-refractivity contribution in [3.05, 3.63) is 88.1 Å². The molecule has 5 heteroatoms. The van der Waals surface area contributed by atoms with Crippen LogP contribution in [0.4, 0.5) is 5.69 Å². The molecule has 1 atom stereocenters. The Hall–Kier alpha value is -2.92. The number of nitrogens with zero attached hydrogens (tertiary/aromatic N) is 2. The summed E-state index contributed by atoms with van der Waals surface area (Å²) < 4.78 is 0. The molecule has 1 saturated heterocycles. The summed E-state index contributed by atoms with van der Waals surface area (Å²) in [6.07, 6.45) is 1.66. The number of hydrogen-bond donors (Lipinski definition) is 0. The molecule has 1 aliphatic heterocycles. The first kappa shape index (κ1) is 20.4. The highest BCUT2D eigenvalue weighted by Crippen LogP contribution is 2.26. The van der Waals surface area contributed by atoms with Gasteiger partial charge in [-0.1, -0.05) is 54.1 Å². The molecular weight excluding hydrogens is 392 g/mol. The first-order valence-corrected chi connectivity index (χ1v) is 11.2. The highest BCUT2D eigenvalue weighted by Gasteiger charge is 2.32. The van der Waals surface area contributed by atoms with Crippen molar-refractivity contribution in [1.82, 2.24) is 4.90 Å². The summed E-state index contributed by atoms with van der Waals surface area (Å²) in [6.45, 7) is 3.76. The topological polar surface area (TPSA) is 40.6 Å². The summed E-state index contributed by atoms with van der Waals surface area (Å²) in [5, 5.41) is 1.92. The van der Waals surface area contributed by atoms with E-state index in [1.807, 2.05) is 88.8 Å². The minimum atomic E-state index is -0.187. The van der Waals surface area contributed by atoms with Crippen LogP contribution in [-0.4, -0.2) is 29.8 Å². The van der Waals surface area contributed by atoms with Gasteiger partial charge in [0.15, 0.2) is 0 Å². The van der Waals surface area contributed by atoms with Crippen LogP contribution in [0.2, 0.25) is 0 Å². The number of carbonyl (C=O) groups is 2. The predicted octanol–water partition coefficient (Wildman–Crippen LogP) is 5.14. The van der Waals surface area contributed by atoms with Gasteiger partial charge in [-0.2, -0.15) is 0 Å². The molecule has 1 unspecified atom stereocenters. The fourth-order valence-corrected chi connectivity index (χ4v) is 4.62. The maximum absolute atomic E-state index is 13.6. The maximum Gasteiger partial charge on any atom is 0.263 e. The third kappa shape index (κ3) is 4.62. The van der Waals surface area contributed by atoms with Crippen LogP contribution in [0.25, 0.3) is 0 Å². The van der Waals surface area contributed by atoms with Gasteiger partial charge in [0, 0.05) is 18.8 Å². The third-order valence-corrected chi connectivity index (χ3v) is 6.44. The van der Waals surface area contributed by atoms with Crippen molar-refractivity contribution in [1.29, 1.82) is 0 Å². The number of thiophene rings is 1. The minimum absolute atomic E-state index is 0.0347. The summed E-state index contributed by atoms with van der Waals surface area (Å²) in [5.74, 6) is -0.0634. The molecule has 30 heavy (non-hydrogen) atoms. The van der Waals surface area contributed by atoms with Gasteiger partial charge in [-0.15, -0.1) is 11.3 Å². The van der Waals surface area contributed by atoms with E-state index in [1.165, 1.54) is 11.3 Å². The second-order valence-corrected chi connectivity index (χ2v) is 8.76. The van der Waals surface area contributed by atoms with Gasteiger partial charge in [-0.05, 0) is 48.9 Å². The summed E-state index contributed by atoms with van der Waals surface area (Å²) in [6, 6.07) is 21.9. The molecule has 0 saturated carbocycles. The smallest absolute Gasteiger partial charge is 0.263 e. The second kappa shape index (κ2) is 9.26. The molecule has 154 valence electrons. The van der Waals surface area contributed by atoms with Crippen LogP contribution in [0, 0.1) is 12.8 Å². The number of piperidine rings is 1. The third-order valence-electron chi connectivity index (χ3n) is 5.58. The van der Waals surface area contributed by atoms with Gasteiger partial charge in [0.2, 0.25) is 5.91 Å². The molecule has 2 heterocycles. The lowest BCUT2D eigenvalue weighted by Gasteiger charge is -2.35.